The molecule has 1 saturated carbocycles. The third kappa shape index (κ3) is 4.54. The number of aromatic hydroxyl groups is 1. The van der Waals surface area contributed by atoms with E-state index in [4.69, 9.17) is 0 Å². The summed E-state index contributed by atoms with van der Waals surface area (Å²) >= 11 is 0. The Morgan fingerprint density at radius 2 is 1.84 bits per heavy atom. The van der Waals surface area contributed by atoms with Gasteiger partial charge in [0.15, 0.2) is 0 Å². The van der Waals surface area contributed by atoms with Gasteiger partial charge >= 0.3 is 0 Å². The first-order chi connectivity index (χ1) is 9.15. The number of hydrogen-bond donors (Lipinski definition) is 1. The molecule has 0 aliphatic heterocycles. The topological polar surface area (TPSA) is 23.5 Å². The van der Waals surface area contributed by atoms with Crippen molar-refractivity contribution in [2.75, 3.05) is 13.6 Å². The second-order valence-corrected chi connectivity index (χ2v) is 6.14. The van der Waals surface area contributed by atoms with Gasteiger partial charge in [-0.1, -0.05) is 25.0 Å². The van der Waals surface area contributed by atoms with Gasteiger partial charge in [-0.3, -0.25) is 0 Å². The maximum Gasteiger partial charge on any atom is 0.115 e. The number of benzene rings is 1. The van der Waals surface area contributed by atoms with Crippen LogP contribution < -0.4 is 0 Å². The first kappa shape index (κ1) is 14.4. The fourth-order valence-corrected chi connectivity index (χ4v) is 3.04. The first-order valence-electron chi connectivity index (χ1n) is 7.63. The molecule has 1 fully saturated rings. The van der Waals surface area contributed by atoms with E-state index in [0.29, 0.717) is 11.8 Å². The molecular weight excluding hydrogens is 234 g/mol. The molecule has 0 bridgehead atoms. The Balaban J connectivity index is 1.73. The van der Waals surface area contributed by atoms with Crippen molar-refractivity contribution in [1.29, 1.82) is 0 Å². The summed E-state index contributed by atoms with van der Waals surface area (Å²) < 4.78 is 0. The largest absolute Gasteiger partial charge is 0.508 e. The van der Waals surface area contributed by atoms with E-state index in [1.165, 1.54) is 44.2 Å². The van der Waals surface area contributed by atoms with Gasteiger partial charge in [-0.15, -0.1) is 0 Å². The monoisotopic (exact) mass is 261 g/mol. The van der Waals surface area contributed by atoms with E-state index in [9.17, 15) is 5.11 Å². The minimum Gasteiger partial charge on any atom is -0.508 e. The standard InChI is InChI=1S/C17H27NO/c1-14(18(2)13-16-5-3-4-6-16)7-8-15-9-11-17(19)12-10-15/h9-12,14,16,19H,3-8,13H2,1-2H3. The molecule has 0 spiro atoms. The average Bonchev–Trinajstić information content (AvgIpc) is 2.90. The van der Waals surface area contributed by atoms with Crippen LogP contribution in [0.4, 0.5) is 0 Å². The van der Waals surface area contributed by atoms with Crippen LogP contribution in [-0.2, 0) is 6.42 Å². The van der Waals surface area contributed by atoms with Crippen LogP contribution in [-0.4, -0.2) is 29.6 Å². The Morgan fingerprint density at radius 3 is 2.47 bits per heavy atom. The van der Waals surface area contributed by atoms with Gasteiger partial charge in [-0.25, -0.2) is 0 Å². The van der Waals surface area contributed by atoms with Crippen LogP contribution in [0.5, 0.6) is 5.75 Å². The first-order valence-corrected chi connectivity index (χ1v) is 7.63. The molecule has 1 aliphatic carbocycles. The third-order valence-electron chi connectivity index (χ3n) is 4.56. The van der Waals surface area contributed by atoms with Crippen LogP contribution in [0.25, 0.3) is 0 Å². The molecule has 19 heavy (non-hydrogen) atoms. The van der Waals surface area contributed by atoms with Crippen molar-refractivity contribution in [1.82, 2.24) is 4.90 Å². The number of nitrogens with zero attached hydrogens (tertiary/aromatic N) is 1. The quantitative estimate of drug-likeness (QED) is 0.841. The number of hydrogen-bond acceptors (Lipinski definition) is 2. The minimum atomic E-state index is 0.357. The van der Waals surface area contributed by atoms with Crippen molar-refractivity contribution in [3.8, 4) is 5.75 Å². The van der Waals surface area contributed by atoms with Crippen LogP contribution in [0.15, 0.2) is 24.3 Å². The van der Waals surface area contributed by atoms with E-state index in [1.54, 1.807) is 12.1 Å². The van der Waals surface area contributed by atoms with Crippen molar-refractivity contribution in [2.45, 2.75) is 51.5 Å². The molecule has 0 saturated heterocycles. The van der Waals surface area contributed by atoms with Crippen LogP contribution in [0.1, 0.15) is 44.6 Å². The normalized spacial score (nSPS) is 18.1. The molecule has 0 radical (unpaired) electrons. The van der Waals surface area contributed by atoms with Gasteiger partial charge in [0.2, 0.25) is 0 Å². The lowest BCUT2D eigenvalue weighted by Crippen LogP contribution is -2.33. The molecule has 0 aromatic heterocycles. The van der Waals surface area contributed by atoms with Crippen LogP contribution >= 0.6 is 0 Å². The van der Waals surface area contributed by atoms with Crippen molar-refractivity contribution in [3.05, 3.63) is 29.8 Å². The van der Waals surface area contributed by atoms with E-state index < -0.39 is 0 Å². The highest BCUT2D eigenvalue weighted by molar-refractivity contribution is 5.25. The zero-order chi connectivity index (χ0) is 13.7. The molecule has 106 valence electrons. The molecule has 1 aromatic rings. The molecule has 0 amide bonds. The zero-order valence-electron chi connectivity index (χ0n) is 12.3. The van der Waals surface area contributed by atoms with Gasteiger partial charge in [0.25, 0.3) is 0 Å². The van der Waals surface area contributed by atoms with Gasteiger partial charge in [0, 0.05) is 12.6 Å². The molecule has 2 nitrogen and oxygen atoms in total. The smallest absolute Gasteiger partial charge is 0.115 e. The number of phenolic OH excluding ortho intramolecular Hbond substituents is 1. The lowest BCUT2D eigenvalue weighted by Gasteiger charge is -2.27. The Kier molecular flexibility index (Phi) is 5.26. The minimum absolute atomic E-state index is 0.357. The number of phenols is 1. The van der Waals surface area contributed by atoms with Gasteiger partial charge in [-0.05, 0) is 63.3 Å². The van der Waals surface area contributed by atoms with E-state index in [-0.39, 0.29) is 0 Å². The molecule has 1 aromatic carbocycles. The van der Waals surface area contributed by atoms with E-state index in [0.717, 1.165) is 12.3 Å². The Morgan fingerprint density at radius 1 is 1.21 bits per heavy atom. The lowest BCUT2D eigenvalue weighted by atomic mass is 10.0. The Labute approximate surface area is 117 Å². The molecule has 2 heteroatoms. The highest BCUT2D eigenvalue weighted by atomic mass is 16.3. The summed E-state index contributed by atoms with van der Waals surface area (Å²) in [6, 6.07) is 8.25. The highest BCUT2D eigenvalue weighted by Crippen LogP contribution is 2.26. The van der Waals surface area contributed by atoms with Gasteiger partial charge in [0.1, 0.15) is 5.75 Å². The summed E-state index contributed by atoms with van der Waals surface area (Å²) in [7, 11) is 2.26. The number of aryl methyl sites for hydroxylation is 1. The summed E-state index contributed by atoms with van der Waals surface area (Å²) in [6.07, 6.45) is 8.00. The van der Waals surface area contributed by atoms with Crippen LogP contribution in [0.3, 0.4) is 0 Å². The summed E-state index contributed by atoms with van der Waals surface area (Å²) in [6.45, 7) is 3.59. The predicted molar refractivity (Wildman–Crippen MR) is 80.5 cm³/mol. The van der Waals surface area contributed by atoms with Crippen molar-refractivity contribution in [2.24, 2.45) is 5.92 Å². The Hall–Kier alpha value is -1.02. The SMILES string of the molecule is CC(CCc1ccc(O)cc1)N(C)CC1CCCC1. The van der Waals surface area contributed by atoms with Gasteiger partial charge < -0.3 is 10.0 Å². The molecule has 1 aliphatic rings. The molecular formula is C17H27NO. The lowest BCUT2D eigenvalue weighted by molar-refractivity contribution is 0.210. The van der Waals surface area contributed by atoms with Crippen molar-refractivity contribution < 1.29 is 5.11 Å². The van der Waals surface area contributed by atoms with Gasteiger partial charge in [-0.2, -0.15) is 0 Å². The molecule has 1 atom stereocenters. The molecule has 1 N–H and O–H groups in total. The second kappa shape index (κ2) is 6.95. The second-order valence-electron chi connectivity index (χ2n) is 6.14. The van der Waals surface area contributed by atoms with E-state index >= 15 is 0 Å². The summed E-state index contributed by atoms with van der Waals surface area (Å²) in [5, 5.41) is 9.27. The van der Waals surface area contributed by atoms with E-state index in [1.807, 2.05) is 12.1 Å². The fourth-order valence-electron chi connectivity index (χ4n) is 3.04. The highest BCUT2D eigenvalue weighted by Gasteiger charge is 2.19. The summed E-state index contributed by atoms with van der Waals surface area (Å²) in [5.41, 5.74) is 1.32. The third-order valence-corrected chi connectivity index (χ3v) is 4.56. The van der Waals surface area contributed by atoms with Gasteiger partial charge in [0.05, 0.1) is 0 Å². The summed E-state index contributed by atoms with van der Waals surface area (Å²) in [4.78, 5) is 2.52. The maximum atomic E-state index is 9.27. The molecule has 1 unspecified atom stereocenters. The maximum absolute atomic E-state index is 9.27. The molecule has 0 heterocycles. The van der Waals surface area contributed by atoms with E-state index in [2.05, 4.69) is 18.9 Å². The Bertz CT molecular complexity index is 367. The van der Waals surface area contributed by atoms with Crippen molar-refractivity contribution >= 4 is 0 Å². The fraction of sp³-hybridized carbons (Fsp3) is 0.647. The van der Waals surface area contributed by atoms with Crippen LogP contribution in [0, 0.1) is 5.92 Å². The van der Waals surface area contributed by atoms with Crippen molar-refractivity contribution in [3.63, 3.8) is 0 Å². The zero-order valence-corrected chi connectivity index (χ0v) is 12.3. The summed E-state index contributed by atoms with van der Waals surface area (Å²) in [5.74, 6) is 1.29. The number of rotatable bonds is 6. The average molecular weight is 261 g/mol. The van der Waals surface area contributed by atoms with Crippen LogP contribution in [0.2, 0.25) is 0 Å². The molecule has 2 rings (SSSR count). The predicted octanol–water partition coefficient (Wildman–Crippen LogP) is 3.84.